The van der Waals surface area contributed by atoms with E-state index in [0.29, 0.717) is 17.5 Å². The minimum Gasteiger partial charge on any atom is -0.317 e. The van der Waals surface area contributed by atoms with E-state index in [0.717, 1.165) is 12.8 Å². The number of nitrogens with one attached hydrogen (secondary N) is 1. The van der Waals surface area contributed by atoms with Crippen molar-refractivity contribution in [3.63, 3.8) is 0 Å². The first-order valence-corrected chi connectivity index (χ1v) is 7.65. The van der Waals surface area contributed by atoms with Gasteiger partial charge in [0.25, 0.3) is 0 Å². The van der Waals surface area contributed by atoms with Crippen LogP contribution in [0.2, 0.25) is 0 Å². The van der Waals surface area contributed by atoms with Crippen molar-refractivity contribution in [3.05, 3.63) is 0 Å². The molecule has 0 spiro atoms. The Morgan fingerprint density at radius 3 is 2.33 bits per heavy atom. The molecule has 4 heteroatoms. The average molecular weight is 233 g/mol. The Morgan fingerprint density at radius 1 is 1.33 bits per heavy atom. The van der Waals surface area contributed by atoms with Gasteiger partial charge < -0.3 is 5.32 Å². The van der Waals surface area contributed by atoms with Crippen molar-refractivity contribution >= 4 is 9.84 Å². The second kappa shape index (κ2) is 4.83. The van der Waals surface area contributed by atoms with Crippen LogP contribution in [0.4, 0.5) is 0 Å². The van der Waals surface area contributed by atoms with Crippen LogP contribution in [0.3, 0.4) is 0 Å². The Kier molecular flexibility index (Phi) is 4.18. The Morgan fingerprint density at radius 2 is 1.93 bits per heavy atom. The van der Waals surface area contributed by atoms with Crippen molar-refractivity contribution < 1.29 is 8.42 Å². The van der Waals surface area contributed by atoms with Gasteiger partial charge in [0, 0.05) is 11.8 Å². The molecule has 0 aromatic heterocycles. The van der Waals surface area contributed by atoms with Crippen LogP contribution in [-0.2, 0) is 9.84 Å². The highest BCUT2D eigenvalue weighted by atomic mass is 32.2. The van der Waals surface area contributed by atoms with Crippen LogP contribution >= 0.6 is 0 Å². The van der Waals surface area contributed by atoms with Gasteiger partial charge in [0.15, 0.2) is 0 Å². The molecule has 1 fully saturated rings. The predicted molar refractivity (Wildman–Crippen MR) is 63.8 cm³/mol. The van der Waals surface area contributed by atoms with E-state index in [2.05, 4.69) is 12.2 Å². The van der Waals surface area contributed by atoms with Crippen LogP contribution in [0.1, 0.15) is 39.5 Å². The summed E-state index contributed by atoms with van der Waals surface area (Å²) < 4.78 is 23.2. The molecule has 0 amide bonds. The third-order valence-electron chi connectivity index (χ3n) is 3.67. The van der Waals surface area contributed by atoms with Crippen molar-refractivity contribution in [2.75, 3.05) is 18.6 Å². The van der Waals surface area contributed by atoms with Gasteiger partial charge in [0.1, 0.15) is 9.84 Å². The monoisotopic (exact) mass is 233 g/mol. The lowest BCUT2D eigenvalue weighted by Gasteiger charge is -2.22. The van der Waals surface area contributed by atoms with Crippen LogP contribution in [0.15, 0.2) is 0 Å². The standard InChI is InChI=1S/C11H23NO2S/c1-4-8-15(13,14)9-7-11(5-6-11)10(2)12-3/h10,12H,4-9H2,1-3H3. The molecule has 1 N–H and O–H groups in total. The van der Waals surface area contributed by atoms with E-state index in [4.69, 9.17) is 0 Å². The Hall–Kier alpha value is -0.0900. The molecule has 0 bridgehead atoms. The number of hydrogen-bond donors (Lipinski definition) is 1. The van der Waals surface area contributed by atoms with E-state index in [-0.39, 0.29) is 5.41 Å². The molecule has 1 atom stereocenters. The highest BCUT2D eigenvalue weighted by Crippen LogP contribution is 2.51. The maximum atomic E-state index is 11.6. The third-order valence-corrected chi connectivity index (χ3v) is 5.53. The van der Waals surface area contributed by atoms with E-state index < -0.39 is 9.84 Å². The highest BCUT2D eigenvalue weighted by molar-refractivity contribution is 7.91. The topological polar surface area (TPSA) is 46.2 Å². The van der Waals surface area contributed by atoms with Gasteiger partial charge in [-0.1, -0.05) is 6.92 Å². The van der Waals surface area contributed by atoms with Gasteiger partial charge in [-0.2, -0.15) is 0 Å². The zero-order valence-corrected chi connectivity index (χ0v) is 10.9. The Balaban J connectivity index is 2.44. The van der Waals surface area contributed by atoms with Crippen molar-refractivity contribution in [1.82, 2.24) is 5.32 Å². The van der Waals surface area contributed by atoms with Gasteiger partial charge in [-0.25, -0.2) is 8.42 Å². The van der Waals surface area contributed by atoms with Crippen LogP contribution in [0, 0.1) is 5.41 Å². The molecule has 1 aliphatic rings. The minimum atomic E-state index is -2.79. The molecule has 0 heterocycles. The average Bonchev–Trinajstić information content (AvgIpc) is 2.95. The molecule has 1 aliphatic carbocycles. The second-order valence-electron chi connectivity index (χ2n) is 4.77. The molecule has 0 aromatic rings. The smallest absolute Gasteiger partial charge is 0.150 e. The first-order chi connectivity index (χ1) is 6.96. The van der Waals surface area contributed by atoms with Gasteiger partial charge in [-0.3, -0.25) is 0 Å². The molecular weight excluding hydrogens is 210 g/mol. The summed E-state index contributed by atoms with van der Waals surface area (Å²) in [4.78, 5) is 0. The zero-order valence-electron chi connectivity index (χ0n) is 10.0. The SMILES string of the molecule is CCCS(=O)(=O)CCC1(C(C)NC)CC1. The lowest BCUT2D eigenvalue weighted by molar-refractivity contribution is 0.361. The van der Waals surface area contributed by atoms with Gasteiger partial charge in [-0.15, -0.1) is 0 Å². The quantitative estimate of drug-likeness (QED) is 0.726. The summed E-state index contributed by atoms with van der Waals surface area (Å²) in [6, 6.07) is 0.439. The van der Waals surface area contributed by atoms with Crippen molar-refractivity contribution in [1.29, 1.82) is 0 Å². The second-order valence-corrected chi connectivity index (χ2v) is 7.08. The molecule has 1 unspecified atom stereocenters. The summed E-state index contributed by atoms with van der Waals surface area (Å²) in [5.74, 6) is 0.712. The van der Waals surface area contributed by atoms with Gasteiger partial charge in [-0.05, 0) is 45.1 Å². The fourth-order valence-electron chi connectivity index (χ4n) is 2.14. The summed E-state index contributed by atoms with van der Waals surface area (Å²) in [6.07, 6.45) is 3.92. The fraction of sp³-hybridized carbons (Fsp3) is 1.00. The zero-order chi connectivity index (χ0) is 11.5. The predicted octanol–water partition coefficient (Wildman–Crippen LogP) is 1.59. The molecule has 1 saturated carbocycles. The maximum absolute atomic E-state index is 11.6. The lowest BCUT2D eigenvalue weighted by atomic mass is 9.95. The molecule has 0 aliphatic heterocycles. The van der Waals surface area contributed by atoms with E-state index in [1.54, 1.807) is 0 Å². The van der Waals surface area contributed by atoms with Gasteiger partial charge in [0.05, 0.1) is 5.75 Å². The van der Waals surface area contributed by atoms with Crippen LogP contribution in [0.5, 0.6) is 0 Å². The Bertz CT molecular complexity index is 294. The van der Waals surface area contributed by atoms with Crippen molar-refractivity contribution in [2.24, 2.45) is 5.41 Å². The van der Waals surface area contributed by atoms with Crippen LogP contribution in [-0.4, -0.2) is 33.0 Å². The molecule has 15 heavy (non-hydrogen) atoms. The summed E-state index contributed by atoms with van der Waals surface area (Å²) in [5.41, 5.74) is 0.273. The molecule has 0 saturated heterocycles. The summed E-state index contributed by atoms with van der Waals surface area (Å²) in [6.45, 7) is 4.07. The van der Waals surface area contributed by atoms with Gasteiger partial charge in [0.2, 0.25) is 0 Å². The summed E-state index contributed by atoms with van der Waals surface area (Å²) >= 11 is 0. The number of hydrogen-bond acceptors (Lipinski definition) is 3. The summed E-state index contributed by atoms with van der Waals surface area (Å²) in [7, 11) is -0.845. The molecular formula is C11H23NO2S. The highest BCUT2D eigenvalue weighted by Gasteiger charge is 2.46. The number of rotatable bonds is 7. The normalized spacial score (nSPS) is 21.3. The molecule has 90 valence electrons. The lowest BCUT2D eigenvalue weighted by Crippen LogP contribution is -2.33. The fourth-order valence-corrected chi connectivity index (χ4v) is 3.68. The van der Waals surface area contributed by atoms with E-state index in [1.807, 2.05) is 14.0 Å². The molecule has 3 nitrogen and oxygen atoms in total. The van der Waals surface area contributed by atoms with E-state index in [1.165, 1.54) is 12.8 Å². The molecule has 0 aromatic carbocycles. The van der Waals surface area contributed by atoms with E-state index in [9.17, 15) is 8.42 Å². The largest absolute Gasteiger partial charge is 0.317 e. The summed E-state index contributed by atoms with van der Waals surface area (Å²) in [5, 5.41) is 3.24. The Labute approximate surface area is 93.6 Å². The van der Waals surface area contributed by atoms with Crippen LogP contribution in [0.25, 0.3) is 0 Å². The minimum absolute atomic E-state index is 0.273. The first kappa shape index (κ1) is 13.0. The maximum Gasteiger partial charge on any atom is 0.150 e. The van der Waals surface area contributed by atoms with Crippen molar-refractivity contribution in [3.8, 4) is 0 Å². The van der Waals surface area contributed by atoms with Crippen LogP contribution < -0.4 is 5.32 Å². The number of sulfone groups is 1. The van der Waals surface area contributed by atoms with E-state index >= 15 is 0 Å². The molecule has 0 radical (unpaired) electrons. The first-order valence-electron chi connectivity index (χ1n) is 5.83. The van der Waals surface area contributed by atoms with Crippen molar-refractivity contribution in [2.45, 2.75) is 45.6 Å². The third kappa shape index (κ3) is 3.45. The van der Waals surface area contributed by atoms with Gasteiger partial charge >= 0.3 is 0 Å². The molecule has 1 rings (SSSR count).